The molecule has 0 aliphatic carbocycles. The van der Waals surface area contributed by atoms with Crippen LogP contribution in [0.1, 0.15) is 18.4 Å². The van der Waals surface area contributed by atoms with E-state index in [9.17, 15) is 4.79 Å². The molecule has 142 valence electrons. The molecule has 0 radical (unpaired) electrons. The Bertz CT molecular complexity index is 615. The van der Waals surface area contributed by atoms with Crippen LogP contribution in [0.2, 0.25) is 0 Å². The van der Waals surface area contributed by atoms with Crippen LogP contribution < -0.4 is 4.74 Å². The molecule has 2 amide bonds. The predicted octanol–water partition coefficient (Wildman–Crippen LogP) is 2.04. The quantitative estimate of drug-likeness (QED) is 0.829. The highest BCUT2D eigenvalue weighted by Gasteiger charge is 2.38. The molecule has 0 unspecified atom stereocenters. The Morgan fingerprint density at radius 3 is 2.62 bits per heavy atom. The van der Waals surface area contributed by atoms with Gasteiger partial charge in [0.15, 0.2) is 0 Å². The summed E-state index contributed by atoms with van der Waals surface area (Å²) in [5.74, 6) is 1.48. The van der Waals surface area contributed by atoms with Crippen LogP contribution >= 0.6 is 0 Å². The number of piperidine rings is 1. The normalized spacial score (nSPS) is 26.7. The van der Waals surface area contributed by atoms with Crippen molar-refractivity contribution in [3.05, 3.63) is 29.8 Å². The van der Waals surface area contributed by atoms with Gasteiger partial charge in [-0.15, -0.1) is 0 Å². The Morgan fingerprint density at radius 1 is 1.12 bits per heavy atom. The molecule has 0 N–H and O–H groups in total. The van der Waals surface area contributed by atoms with Crippen LogP contribution in [-0.2, 0) is 11.3 Å². The highest BCUT2D eigenvalue weighted by Crippen LogP contribution is 2.30. The van der Waals surface area contributed by atoms with Crippen LogP contribution in [0.25, 0.3) is 0 Å². The third-order valence-corrected chi connectivity index (χ3v) is 5.88. The van der Waals surface area contributed by atoms with Crippen LogP contribution in [0.4, 0.5) is 4.79 Å². The van der Waals surface area contributed by atoms with Gasteiger partial charge in [0.1, 0.15) is 5.75 Å². The van der Waals surface area contributed by atoms with Crippen molar-refractivity contribution in [2.24, 2.45) is 5.92 Å². The van der Waals surface area contributed by atoms with Crippen molar-refractivity contribution in [2.75, 3.05) is 53.0 Å². The fraction of sp³-hybridized carbons (Fsp3) is 0.650. The van der Waals surface area contributed by atoms with Gasteiger partial charge in [0.25, 0.3) is 0 Å². The first-order chi connectivity index (χ1) is 12.7. The smallest absolute Gasteiger partial charge is 0.320 e. The van der Waals surface area contributed by atoms with Gasteiger partial charge >= 0.3 is 6.03 Å². The zero-order chi connectivity index (χ0) is 17.9. The molecule has 4 aliphatic heterocycles. The topological polar surface area (TPSA) is 45.2 Å². The molecule has 6 heteroatoms. The number of carbonyl (C=O) groups excluding carboxylic acids is 1. The molecule has 0 aromatic heterocycles. The number of morpholine rings is 1. The largest absolute Gasteiger partial charge is 0.497 e. The van der Waals surface area contributed by atoms with Crippen molar-refractivity contribution in [1.82, 2.24) is 14.7 Å². The number of amides is 2. The summed E-state index contributed by atoms with van der Waals surface area (Å²) in [6, 6.07) is 8.88. The molecule has 26 heavy (non-hydrogen) atoms. The van der Waals surface area contributed by atoms with Crippen LogP contribution in [0, 0.1) is 5.92 Å². The van der Waals surface area contributed by atoms with E-state index in [1.54, 1.807) is 7.11 Å². The average molecular weight is 359 g/mol. The Balaban J connectivity index is 1.41. The van der Waals surface area contributed by atoms with E-state index in [1.165, 1.54) is 12.0 Å². The standard InChI is InChI=1S/C20H29N3O3/c1-25-19-6-3-16(4-7-19)12-21-13-17-2-5-18(15-21)23(14-17)20(24)22-8-10-26-11-9-22/h3-4,6-7,17-18H,2,5,8-15H2,1H3/t17-,18+/m0/s1. The fourth-order valence-corrected chi connectivity index (χ4v) is 4.47. The minimum atomic E-state index is 0.217. The lowest BCUT2D eigenvalue weighted by molar-refractivity contribution is 0.0341. The predicted molar refractivity (Wildman–Crippen MR) is 99.3 cm³/mol. The number of hydrogen-bond donors (Lipinski definition) is 0. The van der Waals surface area contributed by atoms with Crippen molar-refractivity contribution in [3.8, 4) is 5.75 Å². The summed E-state index contributed by atoms with van der Waals surface area (Å²) in [5, 5.41) is 0. The zero-order valence-corrected chi connectivity index (χ0v) is 15.6. The molecule has 5 rings (SSSR count). The van der Waals surface area contributed by atoms with Crippen molar-refractivity contribution in [2.45, 2.75) is 25.4 Å². The number of rotatable bonds is 3. The highest BCUT2D eigenvalue weighted by atomic mass is 16.5. The van der Waals surface area contributed by atoms with Gasteiger partial charge in [-0.05, 0) is 36.5 Å². The van der Waals surface area contributed by atoms with Gasteiger partial charge in [0, 0.05) is 45.3 Å². The van der Waals surface area contributed by atoms with E-state index in [4.69, 9.17) is 9.47 Å². The number of methoxy groups -OCH3 is 1. The summed E-state index contributed by atoms with van der Waals surface area (Å²) in [6.07, 6.45) is 2.36. The van der Waals surface area contributed by atoms with Gasteiger partial charge in [0.2, 0.25) is 0 Å². The van der Waals surface area contributed by atoms with E-state index in [-0.39, 0.29) is 6.03 Å². The van der Waals surface area contributed by atoms with Gasteiger partial charge in [0.05, 0.1) is 20.3 Å². The first-order valence-electron chi connectivity index (χ1n) is 9.71. The van der Waals surface area contributed by atoms with Gasteiger partial charge in [-0.3, -0.25) is 4.90 Å². The van der Waals surface area contributed by atoms with Crippen molar-refractivity contribution < 1.29 is 14.3 Å². The molecule has 1 aromatic carbocycles. The van der Waals surface area contributed by atoms with Gasteiger partial charge in [-0.1, -0.05) is 12.1 Å². The highest BCUT2D eigenvalue weighted by molar-refractivity contribution is 5.75. The van der Waals surface area contributed by atoms with Crippen LogP contribution in [0.3, 0.4) is 0 Å². The monoisotopic (exact) mass is 359 g/mol. The minimum Gasteiger partial charge on any atom is -0.497 e. The maximum atomic E-state index is 13.0. The van der Waals surface area contributed by atoms with Crippen LogP contribution in [0.15, 0.2) is 24.3 Å². The summed E-state index contributed by atoms with van der Waals surface area (Å²) >= 11 is 0. The lowest BCUT2D eigenvalue weighted by Gasteiger charge is -2.40. The third kappa shape index (κ3) is 3.81. The summed E-state index contributed by atoms with van der Waals surface area (Å²) in [4.78, 5) is 19.6. The number of fused-ring (bicyclic) bond motifs is 4. The van der Waals surface area contributed by atoms with E-state index in [0.29, 0.717) is 25.2 Å². The maximum Gasteiger partial charge on any atom is 0.320 e. The molecule has 4 fully saturated rings. The van der Waals surface area contributed by atoms with E-state index in [1.807, 2.05) is 17.0 Å². The number of carbonyl (C=O) groups is 1. The van der Waals surface area contributed by atoms with Crippen LogP contribution in [0.5, 0.6) is 5.75 Å². The summed E-state index contributed by atoms with van der Waals surface area (Å²) in [6.45, 7) is 6.67. The second-order valence-corrected chi connectivity index (χ2v) is 7.67. The maximum absolute atomic E-state index is 13.0. The lowest BCUT2D eigenvalue weighted by Crippen LogP contribution is -2.54. The Hall–Kier alpha value is -1.79. The second kappa shape index (κ2) is 7.84. The molecular weight excluding hydrogens is 330 g/mol. The van der Waals surface area contributed by atoms with E-state index in [2.05, 4.69) is 21.9 Å². The van der Waals surface area contributed by atoms with E-state index < -0.39 is 0 Å². The first kappa shape index (κ1) is 17.6. The first-order valence-corrected chi connectivity index (χ1v) is 9.71. The van der Waals surface area contributed by atoms with Gasteiger partial charge < -0.3 is 19.3 Å². The van der Waals surface area contributed by atoms with Crippen molar-refractivity contribution in [1.29, 1.82) is 0 Å². The summed E-state index contributed by atoms with van der Waals surface area (Å²) in [7, 11) is 1.70. The molecule has 1 aromatic rings. The summed E-state index contributed by atoms with van der Waals surface area (Å²) in [5.41, 5.74) is 1.30. The third-order valence-electron chi connectivity index (χ3n) is 5.88. The van der Waals surface area contributed by atoms with Crippen molar-refractivity contribution in [3.63, 3.8) is 0 Å². The molecule has 6 nitrogen and oxygen atoms in total. The lowest BCUT2D eigenvalue weighted by atomic mass is 9.95. The molecule has 4 aliphatic rings. The molecule has 0 spiro atoms. The molecule has 0 saturated carbocycles. The van der Waals surface area contributed by atoms with Gasteiger partial charge in [-0.2, -0.15) is 0 Å². The second-order valence-electron chi connectivity index (χ2n) is 7.67. The Labute approximate surface area is 155 Å². The zero-order valence-electron chi connectivity index (χ0n) is 15.6. The molecule has 4 heterocycles. The fourth-order valence-electron chi connectivity index (χ4n) is 4.47. The molecule has 4 saturated heterocycles. The van der Waals surface area contributed by atoms with Gasteiger partial charge in [-0.25, -0.2) is 4.79 Å². The molecular formula is C20H29N3O3. The van der Waals surface area contributed by atoms with Crippen molar-refractivity contribution >= 4 is 6.03 Å². The Morgan fingerprint density at radius 2 is 1.88 bits per heavy atom. The minimum absolute atomic E-state index is 0.217. The number of hydrogen-bond acceptors (Lipinski definition) is 4. The Kier molecular flexibility index (Phi) is 5.31. The van der Waals surface area contributed by atoms with E-state index >= 15 is 0 Å². The summed E-state index contributed by atoms with van der Waals surface area (Å²) < 4.78 is 10.6. The SMILES string of the molecule is COc1ccc(CN2C[C@@H]3CC[C@H](C2)N(C(=O)N2CCOCC2)C3)cc1. The van der Waals surface area contributed by atoms with E-state index in [0.717, 1.165) is 51.4 Å². The number of urea groups is 1. The molecule has 2 bridgehead atoms. The number of ether oxygens (including phenoxy) is 2. The number of nitrogens with zero attached hydrogens (tertiary/aromatic N) is 3. The number of benzene rings is 1. The molecule has 2 atom stereocenters. The average Bonchev–Trinajstić information content (AvgIpc) is 2.99. The van der Waals surface area contributed by atoms with Crippen LogP contribution in [-0.4, -0.2) is 79.8 Å².